The number of rotatable bonds is 14. The molecular formula is C24H48N2O2. The van der Waals surface area contributed by atoms with Crippen molar-refractivity contribution >= 4 is 5.97 Å². The smallest absolute Gasteiger partial charge is 0.322 e. The maximum atomic E-state index is 12.3. The minimum atomic E-state index is -0.238. The molecule has 0 unspecified atom stereocenters. The van der Waals surface area contributed by atoms with Crippen molar-refractivity contribution in [2.45, 2.75) is 142 Å². The Balaban J connectivity index is 2.09. The zero-order chi connectivity index (χ0) is 21.0. The average Bonchev–Trinajstić information content (AvgIpc) is 2.56. The standard InChI is InChI=1S/C24H48N2O2/c1-7-8-9-10-11-12-13-14-15-16-17-28-22(27)20(2)25-21-18-23(3,4)26-24(5,6)19-21/h20-21,25-26H,7-19H2,1-6H3/t20-/m0/s1. The number of hydrogen-bond donors (Lipinski definition) is 2. The molecule has 0 aromatic heterocycles. The number of unbranched alkanes of at least 4 members (excludes halogenated alkanes) is 9. The van der Waals surface area contributed by atoms with Crippen molar-refractivity contribution in [3.05, 3.63) is 0 Å². The number of piperidine rings is 1. The van der Waals surface area contributed by atoms with Gasteiger partial charge in [-0.15, -0.1) is 0 Å². The van der Waals surface area contributed by atoms with Crippen molar-refractivity contribution in [2.75, 3.05) is 6.61 Å². The summed E-state index contributed by atoms with van der Waals surface area (Å²) >= 11 is 0. The maximum Gasteiger partial charge on any atom is 0.322 e. The van der Waals surface area contributed by atoms with Crippen LogP contribution in [-0.2, 0) is 9.53 Å². The SMILES string of the molecule is CCCCCCCCCCCCOC(=O)[C@H](C)NC1CC(C)(C)NC(C)(C)C1. The van der Waals surface area contributed by atoms with Crippen LogP contribution in [0.4, 0.5) is 0 Å². The quantitative estimate of drug-likeness (QED) is 0.290. The Morgan fingerprint density at radius 1 is 0.929 bits per heavy atom. The van der Waals surface area contributed by atoms with Crippen molar-refractivity contribution in [1.29, 1.82) is 0 Å². The zero-order valence-electron chi connectivity index (χ0n) is 19.7. The van der Waals surface area contributed by atoms with Crippen LogP contribution in [0.25, 0.3) is 0 Å². The first-order chi connectivity index (χ1) is 13.2. The van der Waals surface area contributed by atoms with Crippen LogP contribution >= 0.6 is 0 Å². The van der Waals surface area contributed by atoms with E-state index in [-0.39, 0.29) is 23.1 Å². The summed E-state index contributed by atoms with van der Waals surface area (Å²) in [7, 11) is 0. The number of ether oxygens (including phenoxy) is 1. The second-order valence-electron chi connectivity index (χ2n) is 10.2. The van der Waals surface area contributed by atoms with Crippen molar-refractivity contribution in [2.24, 2.45) is 0 Å². The Kier molecular flexibility index (Phi) is 11.7. The van der Waals surface area contributed by atoms with E-state index in [2.05, 4.69) is 45.3 Å². The molecule has 4 nitrogen and oxygen atoms in total. The molecule has 1 aliphatic rings. The second kappa shape index (κ2) is 12.8. The molecule has 4 heteroatoms. The van der Waals surface area contributed by atoms with Gasteiger partial charge in [-0.05, 0) is 53.9 Å². The molecule has 166 valence electrons. The van der Waals surface area contributed by atoms with Gasteiger partial charge in [0.2, 0.25) is 0 Å². The normalized spacial score (nSPS) is 20.1. The number of carbonyl (C=O) groups excluding carboxylic acids is 1. The Bertz CT molecular complexity index is 418. The van der Waals surface area contributed by atoms with Gasteiger partial charge in [0.05, 0.1) is 6.61 Å². The average molecular weight is 397 g/mol. The van der Waals surface area contributed by atoms with E-state index in [9.17, 15) is 4.79 Å². The second-order valence-corrected chi connectivity index (χ2v) is 10.2. The monoisotopic (exact) mass is 396 g/mol. The molecule has 1 fully saturated rings. The van der Waals surface area contributed by atoms with E-state index in [4.69, 9.17) is 4.74 Å². The molecular weight excluding hydrogens is 348 g/mol. The van der Waals surface area contributed by atoms with Crippen molar-refractivity contribution < 1.29 is 9.53 Å². The third-order valence-corrected chi connectivity index (χ3v) is 5.77. The molecule has 0 aromatic carbocycles. The Labute approximate surface area is 175 Å². The largest absolute Gasteiger partial charge is 0.465 e. The molecule has 28 heavy (non-hydrogen) atoms. The van der Waals surface area contributed by atoms with Crippen LogP contribution in [0, 0.1) is 0 Å². The molecule has 0 bridgehead atoms. The van der Waals surface area contributed by atoms with E-state index < -0.39 is 0 Å². The van der Waals surface area contributed by atoms with Gasteiger partial charge in [0.15, 0.2) is 0 Å². The summed E-state index contributed by atoms with van der Waals surface area (Å²) in [6.07, 6.45) is 15.0. The number of carbonyl (C=O) groups is 1. The van der Waals surface area contributed by atoms with Crippen molar-refractivity contribution in [3.8, 4) is 0 Å². The van der Waals surface area contributed by atoms with Crippen molar-refractivity contribution in [1.82, 2.24) is 10.6 Å². The van der Waals surface area contributed by atoms with Crippen LogP contribution in [0.1, 0.15) is 119 Å². The predicted molar refractivity (Wildman–Crippen MR) is 120 cm³/mol. The molecule has 1 atom stereocenters. The molecule has 1 heterocycles. The first-order valence-corrected chi connectivity index (χ1v) is 11.9. The first kappa shape index (κ1) is 25.4. The van der Waals surface area contributed by atoms with Gasteiger partial charge in [0, 0.05) is 17.1 Å². The van der Waals surface area contributed by atoms with Gasteiger partial charge >= 0.3 is 5.97 Å². The minimum absolute atomic E-state index is 0.0824. The van der Waals surface area contributed by atoms with Crippen LogP contribution < -0.4 is 10.6 Å². The molecule has 0 saturated carbocycles. The number of esters is 1. The molecule has 0 radical (unpaired) electrons. The summed E-state index contributed by atoms with van der Waals surface area (Å²) in [5.41, 5.74) is 0.165. The van der Waals surface area contributed by atoms with Gasteiger partial charge in [-0.25, -0.2) is 0 Å². The Morgan fingerprint density at radius 3 is 1.89 bits per heavy atom. The van der Waals surface area contributed by atoms with Gasteiger partial charge in [0.25, 0.3) is 0 Å². The summed E-state index contributed by atoms with van der Waals surface area (Å²) in [6.45, 7) is 13.7. The topological polar surface area (TPSA) is 50.4 Å². The summed E-state index contributed by atoms with van der Waals surface area (Å²) < 4.78 is 5.50. The van der Waals surface area contributed by atoms with E-state index in [1.165, 1.54) is 57.8 Å². The van der Waals surface area contributed by atoms with Crippen molar-refractivity contribution in [3.63, 3.8) is 0 Å². The van der Waals surface area contributed by atoms with E-state index in [0.717, 1.165) is 19.3 Å². The van der Waals surface area contributed by atoms with Crippen LogP contribution in [0.5, 0.6) is 0 Å². The highest BCUT2D eigenvalue weighted by atomic mass is 16.5. The molecule has 0 aromatic rings. The Hall–Kier alpha value is -0.610. The lowest BCUT2D eigenvalue weighted by molar-refractivity contribution is -0.146. The fourth-order valence-corrected chi connectivity index (χ4v) is 4.75. The van der Waals surface area contributed by atoms with Crippen LogP contribution in [0.2, 0.25) is 0 Å². The predicted octanol–water partition coefficient (Wildman–Crippen LogP) is 5.74. The molecule has 1 aliphatic heterocycles. The van der Waals surface area contributed by atoms with E-state index >= 15 is 0 Å². The minimum Gasteiger partial charge on any atom is -0.465 e. The van der Waals surface area contributed by atoms with Crippen LogP contribution in [-0.4, -0.2) is 35.7 Å². The van der Waals surface area contributed by atoms with Gasteiger partial charge in [-0.2, -0.15) is 0 Å². The van der Waals surface area contributed by atoms with E-state index in [1.54, 1.807) is 0 Å². The van der Waals surface area contributed by atoms with Gasteiger partial charge in [-0.1, -0.05) is 64.7 Å². The maximum absolute atomic E-state index is 12.3. The van der Waals surface area contributed by atoms with Gasteiger partial charge in [0.1, 0.15) is 6.04 Å². The fraction of sp³-hybridized carbons (Fsp3) is 0.958. The molecule has 0 spiro atoms. The highest BCUT2D eigenvalue weighted by molar-refractivity contribution is 5.75. The molecule has 2 N–H and O–H groups in total. The fourth-order valence-electron chi connectivity index (χ4n) is 4.75. The number of nitrogens with one attached hydrogen (secondary N) is 2. The lowest BCUT2D eigenvalue weighted by Crippen LogP contribution is -2.62. The third kappa shape index (κ3) is 11.4. The lowest BCUT2D eigenvalue weighted by Gasteiger charge is -2.47. The zero-order valence-corrected chi connectivity index (χ0v) is 19.7. The summed E-state index contributed by atoms with van der Waals surface area (Å²) in [5.74, 6) is -0.106. The molecule has 0 aliphatic carbocycles. The van der Waals surface area contributed by atoms with E-state index in [0.29, 0.717) is 12.6 Å². The van der Waals surface area contributed by atoms with Gasteiger partial charge in [-0.3, -0.25) is 4.79 Å². The third-order valence-electron chi connectivity index (χ3n) is 5.77. The Morgan fingerprint density at radius 2 is 1.39 bits per heavy atom. The summed E-state index contributed by atoms with van der Waals surface area (Å²) in [6, 6.07) is 0.101. The first-order valence-electron chi connectivity index (χ1n) is 11.9. The molecule has 0 amide bonds. The van der Waals surface area contributed by atoms with Gasteiger partial charge < -0.3 is 15.4 Å². The lowest BCUT2D eigenvalue weighted by atomic mass is 9.79. The highest BCUT2D eigenvalue weighted by Crippen LogP contribution is 2.28. The van der Waals surface area contributed by atoms with Crippen LogP contribution in [0.15, 0.2) is 0 Å². The molecule has 1 saturated heterocycles. The highest BCUT2D eigenvalue weighted by Gasteiger charge is 2.38. The summed E-state index contributed by atoms with van der Waals surface area (Å²) in [5, 5.41) is 7.19. The summed E-state index contributed by atoms with van der Waals surface area (Å²) in [4.78, 5) is 12.3. The van der Waals surface area contributed by atoms with E-state index in [1.807, 2.05) is 6.92 Å². The molecule has 1 rings (SSSR count). The van der Waals surface area contributed by atoms with Crippen LogP contribution in [0.3, 0.4) is 0 Å². The number of hydrogen-bond acceptors (Lipinski definition) is 4.